The Kier molecular flexibility index (Phi) is 7.47. The highest BCUT2D eigenvalue weighted by Crippen LogP contribution is 2.24. The van der Waals surface area contributed by atoms with E-state index in [4.69, 9.17) is 14.7 Å². The summed E-state index contributed by atoms with van der Waals surface area (Å²) >= 11 is 0. The predicted octanol–water partition coefficient (Wildman–Crippen LogP) is 2.02. The van der Waals surface area contributed by atoms with Crippen LogP contribution in [0.3, 0.4) is 0 Å². The molecule has 2 aliphatic rings. The highest BCUT2D eigenvalue weighted by molar-refractivity contribution is 7.89. The number of hydrogen-bond donors (Lipinski definition) is 0. The average molecular weight is 436 g/mol. The standard InChI is InChI=1S/C21H29N3O5S/c1-16-14-23(15-17(2)29-16)30(26,27)20-6-3-5-18(13-20)21(25)24(10-4-9-22)19-7-11-28-12-8-19/h3,5-6,13,16-17,19H,4,7-8,10-12,14-15H2,1-2H3. The van der Waals surface area contributed by atoms with E-state index in [0.29, 0.717) is 38.2 Å². The van der Waals surface area contributed by atoms with Crippen LogP contribution in [0.4, 0.5) is 0 Å². The summed E-state index contributed by atoms with van der Waals surface area (Å²) in [6.07, 6.45) is 1.26. The molecule has 2 saturated heterocycles. The second-order valence-corrected chi connectivity index (χ2v) is 9.80. The van der Waals surface area contributed by atoms with Crippen molar-refractivity contribution in [3.63, 3.8) is 0 Å². The molecule has 0 N–H and O–H groups in total. The topological polar surface area (TPSA) is 99.9 Å². The van der Waals surface area contributed by atoms with Gasteiger partial charge in [-0.25, -0.2) is 8.42 Å². The van der Waals surface area contributed by atoms with Crippen LogP contribution < -0.4 is 0 Å². The maximum absolute atomic E-state index is 13.3. The van der Waals surface area contributed by atoms with Gasteiger partial charge in [-0.1, -0.05) is 6.07 Å². The number of carbonyl (C=O) groups excluding carboxylic acids is 1. The van der Waals surface area contributed by atoms with Crippen LogP contribution in [-0.4, -0.2) is 74.6 Å². The first-order chi connectivity index (χ1) is 14.3. The van der Waals surface area contributed by atoms with E-state index in [-0.39, 0.29) is 48.6 Å². The van der Waals surface area contributed by atoms with Gasteiger partial charge in [0.2, 0.25) is 10.0 Å². The van der Waals surface area contributed by atoms with E-state index in [1.54, 1.807) is 17.0 Å². The lowest BCUT2D eigenvalue weighted by Gasteiger charge is -2.35. The lowest BCUT2D eigenvalue weighted by atomic mass is 10.0. The number of morpholine rings is 1. The molecule has 0 aliphatic carbocycles. The van der Waals surface area contributed by atoms with Crippen molar-refractivity contribution < 1.29 is 22.7 Å². The summed E-state index contributed by atoms with van der Waals surface area (Å²) in [6, 6.07) is 8.27. The van der Waals surface area contributed by atoms with Gasteiger partial charge in [0.05, 0.1) is 29.6 Å². The third kappa shape index (κ3) is 5.19. The lowest BCUT2D eigenvalue weighted by Crippen LogP contribution is -2.48. The zero-order chi connectivity index (χ0) is 21.7. The van der Waals surface area contributed by atoms with E-state index in [1.807, 2.05) is 13.8 Å². The molecule has 8 nitrogen and oxygen atoms in total. The molecule has 0 aromatic heterocycles. The van der Waals surface area contributed by atoms with Crippen LogP contribution in [0.2, 0.25) is 0 Å². The number of benzene rings is 1. The summed E-state index contributed by atoms with van der Waals surface area (Å²) in [4.78, 5) is 15.0. The molecular formula is C21H29N3O5S. The number of rotatable bonds is 6. The monoisotopic (exact) mass is 435 g/mol. The lowest BCUT2D eigenvalue weighted by molar-refractivity contribution is -0.0440. The molecule has 1 amide bonds. The Hall–Kier alpha value is -1.99. The summed E-state index contributed by atoms with van der Waals surface area (Å²) < 4.78 is 38.8. The molecule has 0 spiro atoms. The van der Waals surface area contributed by atoms with Gasteiger partial charge in [-0.15, -0.1) is 0 Å². The van der Waals surface area contributed by atoms with E-state index in [2.05, 4.69) is 6.07 Å². The van der Waals surface area contributed by atoms with Gasteiger partial charge in [0.1, 0.15) is 0 Å². The zero-order valence-corrected chi connectivity index (χ0v) is 18.3. The second kappa shape index (κ2) is 9.88. The van der Waals surface area contributed by atoms with Gasteiger partial charge in [0, 0.05) is 44.5 Å². The van der Waals surface area contributed by atoms with Gasteiger partial charge in [0.15, 0.2) is 0 Å². The minimum Gasteiger partial charge on any atom is -0.381 e. The highest BCUT2D eigenvalue weighted by atomic mass is 32.2. The van der Waals surface area contributed by atoms with Crippen molar-refractivity contribution in [3.8, 4) is 6.07 Å². The fraction of sp³-hybridized carbons (Fsp3) is 0.619. The van der Waals surface area contributed by atoms with Crippen molar-refractivity contribution in [1.82, 2.24) is 9.21 Å². The van der Waals surface area contributed by atoms with Crippen LogP contribution in [-0.2, 0) is 19.5 Å². The maximum atomic E-state index is 13.3. The number of hydrogen-bond acceptors (Lipinski definition) is 6. The fourth-order valence-electron chi connectivity index (χ4n) is 4.05. The van der Waals surface area contributed by atoms with Gasteiger partial charge >= 0.3 is 0 Å². The maximum Gasteiger partial charge on any atom is 0.254 e. The normalized spacial score (nSPS) is 23.6. The Labute approximate surface area is 178 Å². The Balaban J connectivity index is 1.85. The first-order valence-electron chi connectivity index (χ1n) is 10.3. The summed E-state index contributed by atoms with van der Waals surface area (Å²) in [5.74, 6) is -0.252. The number of amides is 1. The number of nitriles is 1. The molecule has 2 heterocycles. The van der Waals surface area contributed by atoms with Crippen LogP contribution in [0.5, 0.6) is 0 Å². The molecule has 1 aromatic carbocycles. The van der Waals surface area contributed by atoms with Crippen molar-refractivity contribution in [1.29, 1.82) is 5.26 Å². The summed E-state index contributed by atoms with van der Waals surface area (Å²) in [5.41, 5.74) is 0.315. The molecule has 0 bridgehead atoms. The molecule has 2 aliphatic heterocycles. The average Bonchev–Trinajstić information content (AvgIpc) is 2.74. The number of nitrogens with zero attached hydrogens (tertiary/aromatic N) is 3. The minimum atomic E-state index is -3.74. The molecule has 0 radical (unpaired) electrons. The molecule has 0 saturated carbocycles. The number of carbonyl (C=O) groups is 1. The van der Waals surface area contributed by atoms with Crippen LogP contribution in [0.1, 0.15) is 43.5 Å². The third-order valence-electron chi connectivity index (χ3n) is 5.46. The summed E-state index contributed by atoms with van der Waals surface area (Å²) in [5, 5.41) is 9.00. The highest BCUT2D eigenvalue weighted by Gasteiger charge is 2.33. The summed E-state index contributed by atoms with van der Waals surface area (Å²) in [6.45, 7) is 5.71. The van der Waals surface area contributed by atoms with E-state index in [0.717, 1.165) is 0 Å². The van der Waals surface area contributed by atoms with E-state index in [9.17, 15) is 13.2 Å². The van der Waals surface area contributed by atoms with E-state index in [1.165, 1.54) is 16.4 Å². The van der Waals surface area contributed by atoms with Crippen LogP contribution >= 0.6 is 0 Å². The molecule has 30 heavy (non-hydrogen) atoms. The fourth-order valence-corrected chi connectivity index (χ4v) is 5.69. The Morgan fingerprint density at radius 1 is 1.23 bits per heavy atom. The van der Waals surface area contributed by atoms with Crippen LogP contribution in [0.15, 0.2) is 29.2 Å². The van der Waals surface area contributed by atoms with Gasteiger partial charge < -0.3 is 14.4 Å². The summed E-state index contributed by atoms with van der Waals surface area (Å²) in [7, 11) is -3.74. The largest absolute Gasteiger partial charge is 0.381 e. The van der Waals surface area contributed by atoms with Gasteiger partial charge in [-0.2, -0.15) is 9.57 Å². The zero-order valence-electron chi connectivity index (χ0n) is 17.5. The molecule has 164 valence electrons. The first kappa shape index (κ1) is 22.7. The smallest absolute Gasteiger partial charge is 0.254 e. The van der Waals surface area contributed by atoms with Crippen molar-refractivity contribution in [2.75, 3.05) is 32.8 Å². The molecule has 3 rings (SSSR count). The number of ether oxygens (including phenoxy) is 2. The Bertz CT molecular complexity index is 882. The Morgan fingerprint density at radius 2 is 1.90 bits per heavy atom. The minimum absolute atomic E-state index is 0.0131. The van der Waals surface area contributed by atoms with Crippen LogP contribution in [0, 0.1) is 11.3 Å². The van der Waals surface area contributed by atoms with Gasteiger partial charge in [-0.3, -0.25) is 4.79 Å². The molecule has 2 atom stereocenters. The van der Waals surface area contributed by atoms with Gasteiger partial charge in [-0.05, 0) is 44.9 Å². The Morgan fingerprint density at radius 3 is 2.53 bits per heavy atom. The number of sulfonamides is 1. The first-order valence-corrected chi connectivity index (χ1v) is 11.8. The molecule has 1 aromatic rings. The molecule has 9 heteroatoms. The molecular weight excluding hydrogens is 406 g/mol. The predicted molar refractivity (Wildman–Crippen MR) is 110 cm³/mol. The second-order valence-electron chi connectivity index (χ2n) is 7.86. The molecule has 2 fully saturated rings. The van der Waals surface area contributed by atoms with Crippen molar-refractivity contribution in [3.05, 3.63) is 29.8 Å². The SMILES string of the molecule is CC1CN(S(=O)(=O)c2cccc(C(=O)N(CCC#N)C3CCOCC3)c2)CC(C)O1. The quantitative estimate of drug-likeness (QED) is 0.678. The van der Waals surface area contributed by atoms with Crippen molar-refractivity contribution in [2.24, 2.45) is 0 Å². The van der Waals surface area contributed by atoms with Crippen molar-refractivity contribution in [2.45, 2.75) is 56.3 Å². The van der Waals surface area contributed by atoms with E-state index < -0.39 is 10.0 Å². The molecule has 2 unspecified atom stereocenters. The third-order valence-corrected chi connectivity index (χ3v) is 7.29. The van der Waals surface area contributed by atoms with E-state index >= 15 is 0 Å². The van der Waals surface area contributed by atoms with Gasteiger partial charge in [0.25, 0.3) is 5.91 Å². The van der Waals surface area contributed by atoms with Crippen LogP contribution in [0.25, 0.3) is 0 Å². The van der Waals surface area contributed by atoms with Crippen molar-refractivity contribution >= 4 is 15.9 Å².